The molecule has 120 valence electrons. The number of hydrogen-bond donors (Lipinski definition) is 0. The molecule has 1 aliphatic carbocycles. The van der Waals surface area contributed by atoms with Crippen LogP contribution >= 0.6 is 0 Å². The fourth-order valence-electron chi connectivity index (χ4n) is 2.62. The number of carbonyl (C=O) groups is 2. The number of aromatic nitrogens is 1. The minimum atomic E-state index is -0.268. The van der Waals surface area contributed by atoms with Gasteiger partial charge in [-0.1, -0.05) is 40.0 Å². The van der Waals surface area contributed by atoms with Crippen LogP contribution in [0.5, 0.6) is 0 Å². The van der Waals surface area contributed by atoms with E-state index in [0.717, 1.165) is 25.7 Å². The van der Waals surface area contributed by atoms with E-state index in [-0.39, 0.29) is 35.5 Å². The maximum absolute atomic E-state index is 12.5. The summed E-state index contributed by atoms with van der Waals surface area (Å²) >= 11 is 0. The molecule has 0 saturated heterocycles. The maximum Gasteiger partial charge on any atom is 0.244 e. The van der Waals surface area contributed by atoms with E-state index in [9.17, 15) is 9.59 Å². The highest BCUT2D eigenvalue weighted by Crippen LogP contribution is 2.22. The number of rotatable bonds is 7. The number of fused-ring (bicyclic) bond motifs is 1. The fourth-order valence-corrected chi connectivity index (χ4v) is 2.62. The van der Waals surface area contributed by atoms with Crippen molar-refractivity contribution in [1.29, 1.82) is 0 Å². The van der Waals surface area contributed by atoms with Crippen LogP contribution in [0.25, 0.3) is 0 Å². The van der Waals surface area contributed by atoms with Crippen molar-refractivity contribution < 1.29 is 14.0 Å². The summed E-state index contributed by atoms with van der Waals surface area (Å²) in [6, 6.07) is 0.105. The molecular weight excluding hydrogens is 280 g/mol. The molecule has 1 aliphatic rings. The van der Waals surface area contributed by atoms with Gasteiger partial charge in [-0.05, 0) is 12.8 Å². The Morgan fingerprint density at radius 2 is 2.00 bits per heavy atom. The normalized spacial score (nSPS) is 17.9. The molecule has 0 saturated carbocycles. The molecule has 0 aliphatic heterocycles. The van der Waals surface area contributed by atoms with Crippen molar-refractivity contribution in [1.82, 2.24) is 4.98 Å². The predicted octanol–water partition coefficient (Wildman–Crippen LogP) is 3.81. The number of unbranched alkanes of at least 4 members (excludes halogenated alkanes) is 2. The van der Waals surface area contributed by atoms with Crippen LogP contribution in [0.3, 0.4) is 0 Å². The first-order valence-electron chi connectivity index (χ1n) is 8.24. The molecule has 1 aromatic rings. The zero-order chi connectivity index (χ0) is 16.1. The monoisotopic (exact) mass is 304 g/mol. The van der Waals surface area contributed by atoms with E-state index in [4.69, 9.17) is 4.42 Å². The van der Waals surface area contributed by atoms with Crippen molar-refractivity contribution in [3.8, 4) is 0 Å². The lowest BCUT2D eigenvalue weighted by Gasteiger charge is -2.14. The molecule has 0 spiro atoms. The number of oxazole rings is 1. The average molecular weight is 304 g/mol. The largest absolute Gasteiger partial charge is 0.436 e. The summed E-state index contributed by atoms with van der Waals surface area (Å²) in [7, 11) is 0. The predicted molar refractivity (Wildman–Crippen MR) is 84.8 cm³/mol. The van der Waals surface area contributed by atoms with Crippen molar-refractivity contribution in [2.45, 2.75) is 71.8 Å². The minimum absolute atomic E-state index is 0.0474. The van der Waals surface area contributed by atoms with Crippen LogP contribution in [0.15, 0.2) is 9.41 Å². The lowest BCUT2D eigenvalue weighted by atomic mass is 9.96. The number of ketones is 2. The van der Waals surface area contributed by atoms with Gasteiger partial charge >= 0.3 is 0 Å². The first-order valence-corrected chi connectivity index (χ1v) is 8.24. The van der Waals surface area contributed by atoms with Crippen LogP contribution in [-0.2, 0) is 6.42 Å². The summed E-state index contributed by atoms with van der Waals surface area (Å²) in [5.74, 6) is 0.0779. The van der Waals surface area contributed by atoms with Crippen LogP contribution in [0.4, 0.5) is 0 Å². The molecule has 0 aromatic carbocycles. The molecule has 0 amide bonds. The summed E-state index contributed by atoms with van der Waals surface area (Å²) in [5.41, 5.74) is 0.513. The Morgan fingerprint density at radius 3 is 2.64 bits per heavy atom. The van der Waals surface area contributed by atoms with Gasteiger partial charge in [0.25, 0.3) is 0 Å². The van der Waals surface area contributed by atoms with E-state index in [1.165, 1.54) is 6.42 Å². The summed E-state index contributed by atoms with van der Waals surface area (Å²) in [6.07, 6.45) is 5.87. The van der Waals surface area contributed by atoms with Crippen molar-refractivity contribution in [3.63, 3.8) is 0 Å². The summed E-state index contributed by atoms with van der Waals surface area (Å²) in [4.78, 5) is 33.3. The Labute approximate surface area is 131 Å². The van der Waals surface area contributed by atoms with Gasteiger partial charge in [-0.15, -0.1) is 0 Å². The smallest absolute Gasteiger partial charge is 0.244 e. The van der Waals surface area contributed by atoms with Crippen LogP contribution in [-0.4, -0.2) is 28.3 Å². The first kappa shape index (κ1) is 16.6. The molecule has 22 heavy (non-hydrogen) atoms. The maximum atomic E-state index is 12.5. The Hall–Kier alpha value is -1.78. The second-order valence-corrected chi connectivity index (χ2v) is 5.70. The molecule has 1 aromatic heterocycles. The zero-order valence-corrected chi connectivity index (χ0v) is 13.6. The molecule has 0 bridgehead atoms. The fraction of sp³-hybridized carbons (Fsp3) is 0.647. The van der Waals surface area contributed by atoms with Gasteiger partial charge in [-0.2, -0.15) is 0 Å². The molecule has 0 N–H and O–H groups in total. The van der Waals surface area contributed by atoms with Crippen LogP contribution in [0.1, 0.15) is 86.2 Å². The standard InChI is InChI=1S/C17H24N2O3/c1-4-7-8-9-11(5-2)18-12-10-13(20)15-17(16(12)21)22-14(6-3)19-15/h11H,4-10H2,1-3H3. The lowest BCUT2D eigenvalue weighted by Crippen LogP contribution is -2.28. The van der Waals surface area contributed by atoms with Gasteiger partial charge in [-0.3, -0.25) is 14.6 Å². The van der Waals surface area contributed by atoms with Crippen molar-refractivity contribution in [2.24, 2.45) is 4.99 Å². The SMILES string of the molecule is CCCCCC(CC)N=C1CC(=O)c2nc(CC)oc2C1=O. The first-order chi connectivity index (χ1) is 10.6. The van der Waals surface area contributed by atoms with Gasteiger partial charge in [0, 0.05) is 6.42 Å². The number of aliphatic imine (C=N–C) groups is 1. The van der Waals surface area contributed by atoms with E-state index in [1.54, 1.807) is 0 Å². The Kier molecular flexibility index (Phi) is 5.63. The topological polar surface area (TPSA) is 72.5 Å². The molecule has 5 heteroatoms. The molecule has 1 heterocycles. The molecule has 0 fully saturated rings. The highest BCUT2D eigenvalue weighted by molar-refractivity contribution is 6.51. The lowest BCUT2D eigenvalue weighted by molar-refractivity contribution is 0.0949. The quantitative estimate of drug-likeness (QED) is 0.718. The zero-order valence-electron chi connectivity index (χ0n) is 13.6. The van der Waals surface area contributed by atoms with Gasteiger partial charge in [0.05, 0.1) is 18.2 Å². The molecule has 1 unspecified atom stereocenters. The summed E-state index contributed by atoms with van der Waals surface area (Å²) in [6.45, 7) is 6.10. The summed E-state index contributed by atoms with van der Waals surface area (Å²) < 4.78 is 5.42. The van der Waals surface area contributed by atoms with Crippen molar-refractivity contribution >= 4 is 17.3 Å². The molecular formula is C17H24N2O3. The second kappa shape index (κ2) is 7.47. The van der Waals surface area contributed by atoms with Crippen molar-refractivity contribution in [2.75, 3.05) is 0 Å². The van der Waals surface area contributed by atoms with E-state index in [1.807, 2.05) is 6.92 Å². The van der Waals surface area contributed by atoms with Crippen LogP contribution in [0.2, 0.25) is 0 Å². The molecule has 0 radical (unpaired) electrons. The van der Waals surface area contributed by atoms with Gasteiger partial charge in [0.15, 0.2) is 17.4 Å². The van der Waals surface area contributed by atoms with Gasteiger partial charge in [0.2, 0.25) is 11.5 Å². The average Bonchev–Trinajstić information content (AvgIpc) is 2.96. The summed E-state index contributed by atoms with van der Waals surface area (Å²) in [5, 5.41) is 0. The third-order valence-corrected chi connectivity index (χ3v) is 3.98. The van der Waals surface area contributed by atoms with Gasteiger partial charge in [-0.25, -0.2) is 4.98 Å². The molecule has 2 rings (SSSR count). The van der Waals surface area contributed by atoms with E-state index in [0.29, 0.717) is 18.0 Å². The number of aryl methyl sites for hydroxylation is 1. The van der Waals surface area contributed by atoms with E-state index < -0.39 is 0 Å². The minimum Gasteiger partial charge on any atom is -0.436 e. The van der Waals surface area contributed by atoms with Crippen LogP contribution < -0.4 is 0 Å². The van der Waals surface area contributed by atoms with Gasteiger partial charge in [0.1, 0.15) is 0 Å². The van der Waals surface area contributed by atoms with Gasteiger partial charge < -0.3 is 4.42 Å². The third kappa shape index (κ3) is 3.51. The van der Waals surface area contributed by atoms with E-state index in [2.05, 4.69) is 23.8 Å². The number of carbonyl (C=O) groups excluding carboxylic acids is 2. The van der Waals surface area contributed by atoms with E-state index >= 15 is 0 Å². The third-order valence-electron chi connectivity index (χ3n) is 3.98. The number of Topliss-reactive ketones (excluding diaryl/α,β-unsaturated/α-hetero) is 2. The molecule has 1 atom stereocenters. The highest BCUT2D eigenvalue weighted by atomic mass is 16.4. The van der Waals surface area contributed by atoms with Crippen molar-refractivity contribution in [3.05, 3.63) is 17.3 Å². The Balaban J connectivity index is 2.20. The second-order valence-electron chi connectivity index (χ2n) is 5.70. The Bertz CT molecular complexity index is 587. The number of hydrogen-bond acceptors (Lipinski definition) is 5. The Morgan fingerprint density at radius 1 is 1.23 bits per heavy atom. The molecule has 5 nitrogen and oxygen atoms in total. The number of nitrogens with zero attached hydrogens (tertiary/aromatic N) is 2. The van der Waals surface area contributed by atoms with Crippen LogP contribution in [0, 0.1) is 0 Å². The highest BCUT2D eigenvalue weighted by Gasteiger charge is 2.35.